The summed E-state index contributed by atoms with van der Waals surface area (Å²) < 4.78 is 14.8. The van der Waals surface area contributed by atoms with Crippen LogP contribution < -0.4 is 5.46 Å². The van der Waals surface area contributed by atoms with Gasteiger partial charge in [0.2, 0.25) is 5.95 Å². The largest absolute Gasteiger partial charge is 0.494 e. The number of benzene rings is 3. The standard InChI is InChI=1S/C26H24BN3O2/c1-25(2)26(3,4)32-27(31-25)18-13-14-20-19-10-6-8-12-22(19)30(23(20)15-18)24-28-16-17-9-5-7-11-21(17)29-24/h5-16H,1-4H3. The van der Waals surface area contributed by atoms with Gasteiger partial charge in [0.1, 0.15) is 0 Å². The van der Waals surface area contributed by atoms with Crippen molar-refractivity contribution in [2.75, 3.05) is 0 Å². The van der Waals surface area contributed by atoms with Crippen molar-refractivity contribution in [3.63, 3.8) is 0 Å². The molecular formula is C26H24BN3O2. The van der Waals surface area contributed by atoms with Crippen LogP contribution in [0.25, 0.3) is 38.7 Å². The van der Waals surface area contributed by atoms with Gasteiger partial charge >= 0.3 is 7.12 Å². The van der Waals surface area contributed by atoms with Crippen LogP contribution in [0.2, 0.25) is 0 Å². The molecule has 1 aliphatic rings. The highest BCUT2D eigenvalue weighted by atomic mass is 16.7. The average molecular weight is 421 g/mol. The van der Waals surface area contributed by atoms with Gasteiger partial charge in [-0.25, -0.2) is 9.97 Å². The third-order valence-corrected chi connectivity index (χ3v) is 6.90. The second-order valence-electron chi connectivity index (χ2n) is 9.45. The summed E-state index contributed by atoms with van der Waals surface area (Å²) in [5.41, 5.74) is 3.24. The molecule has 32 heavy (non-hydrogen) atoms. The predicted molar refractivity (Wildman–Crippen MR) is 130 cm³/mol. The van der Waals surface area contributed by atoms with Gasteiger partial charge in [-0.3, -0.25) is 4.57 Å². The molecule has 6 rings (SSSR count). The molecule has 0 saturated carbocycles. The lowest BCUT2D eigenvalue weighted by Crippen LogP contribution is -2.41. The van der Waals surface area contributed by atoms with Gasteiger partial charge in [-0.05, 0) is 51.4 Å². The Morgan fingerprint density at radius 3 is 2.28 bits per heavy atom. The second-order valence-corrected chi connectivity index (χ2v) is 9.45. The molecule has 1 aliphatic heterocycles. The van der Waals surface area contributed by atoms with Gasteiger partial charge in [-0.2, -0.15) is 0 Å². The number of hydrogen-bond donors (Lipinski definition) is 0. The van der Waals surface area contributed by atoms with Gasteiger partial charge in [-0.1, -0.05) is 48.5 Å². The SMILES string of the molecule is CC1(C)OB(c2ccc3c4ccccc4n(-c4ncc5ccccc5n4)c3c2)OC1(C)C. The summed E-state index contributed by atoms with van der Waals surface area (Å²) in [6.07, 6.45) is 1.89. The molecule has 5 aromatic rings. The summed E-state index contributed by atoms with van der Waals surface area (Å²) in [4.78, 5) is 9.59. The molecule has 1 saturated heterocycles. The second kappa shape index (κ2) is 6.64. The Balaban J connectivity index is 1.58. The minimum Gasteiger partial charge on any atom is -0.399 e. The molecule has 0 N–H and O–H groups in total. The lowest BCUT2D eigenvalue weighted by molar-refractivity contribution is 0.00578. The van der Waals surface area contributed by atoms with Gasteiger partial charge in [0.15, 0.2) is 0 Å². The average Bonchev–Trinajstić information content (AvgIpc) is 3.22. The minimum absolute atomic E-state index is 0.388. The van der Waals surface area contributed by atoms with Crippen molar-refractivity contribution >= 4 is 45.3 Å². The van der Waals surface area contributed by atoms with Crippen molar-refractivity contribution in [1.29, 1.82) is 0 Å². The monoisotopic (exact) mass is 421 g/mol. The van der Waals surface area contributed by atoms with Crippen LogP contribution in [0.1, 0.15) is 27.7 Å². The lowest BCUT2D eigenvalue weighted by atomic mass is 9.79. The summed E-state index contributed by atoms with van der Waals surface area (Å²) in [6.45, 7) is 8.30. The van der Waals surface area contributed by atoms with E-state index in [0.717, 1.165) is 32.8 Å². The number of rotatable bonds is 2. The molecule has 0 radical (unpaired) electrons. The Morgan fingerprint density at radius 2 is 1.47 bits per heavy atom. The Hall–Kier alpha value is -3.22. The summed E-state index contributed by atoms with van der Waals surface area (Å²) in [5.74, 6) is 0.654. The first-order valence-electron chi connectivity index (χ1n) is 10.9. The fraction of sp³-hybridized carbons (Fsp3) is 0.231. The van der Waals surface area contributed by atoms with Crippen LogP contribution in [-0.2, 0) is 9.31 Å². The molecule has 0 amide bonds. The quantitative estimate of drug-likeness (QED) is 0.376. The van der Waals surface area contributed by atoms with Crippen LogP contribution in [0, 0.1) is 0 Å². The topological polar surface area (TPSA) is 49.2 Å². The zero-order valence-electron chi connectivity index (χ0n) is 18.7. The van der Waals surface area contributed by atoms with Crippen LogP contribution in [-0.4, -0.2) is 32.9 Å². The van der Waals surface area contributed by atoms with Gasteiger partial charge in [0.05, 0.1) is 27.8 Å². The Labute approximate surface area is 187 Å². The predicted octanol–water partition coefficient (Wildman–Crippen LogP) is 5.03. The third-order valence-electron chi connectivity index (χ3n) is 6.90. The number of aromatic nitrogens is 3. The van der Waals surface area contributed by atoms with Crippen LogP contribution in [0.4, 0.5) is 0 Å². The van der Waals surface area contributed by atoms with Crippen LogP contribution >= 0.6 is 0 Å². The molecule has 0 spiro atoms. The number of para-hydroxylation sites is 2. The molecule has 3 heterocycles. The maximum atomic E-state index is 6.31. The van der Waals surface area contributed by atoms with Crippen LogP contribution in [0.5, 0.6) is 0 Å². The number of fused-ring (bicyclic) bond motifs is 4. The highest BCUT2D eigenvalue weighted by molar-refractivity contribution is 6.62. The zero-order valence-corrected chi connectivity index (χ0v) is 18.7. The number of hydrogen-bond acceptors (Lipinski definition) is 4. The van der Waals surface area contributed by atoms with Crippen molar-refractivity contribution in [3.8, 4) is 5.95 Å². The zero-order chi connectivity index (χ0) is 22.1. The molecular weight excluding hydrogens is 397 g/mol. The van der Waals surface area contributed by atoms with Gasteiger partial charge in [0.25, 0.3) is 0 Å². The van der Waals surface area contributed by atoms with Crippen molar-refractivity contribution in [2.45, 2.75) is 38.9 Å². The van der Waals surface area contributed by atoms with Crippen LogP contribution in [0.3, 0.4) is 0 Å². The molecule has 158 valence electrons. The molecule has 0 unspecified atom stereocenters. The van der Waals surface area contributed by atoms with Gasteiger partial charge in [0, 0.05) is 22.4 Å². The van der Waals surface area contributed by atoms with E-state index in [0.29, 0.717) is 5.95 Å². The molecule has 0 bridgehead atoms. The summed E-state index contributed by atoms with van der Waals surface area (Å²) in [5, 5.41) is 3.34. The Kier molecular flexibility index (Phi) is 4.04. The highest BCUT2D eigenvalue weighted by Gasteiger charge is 2.51. The van der Waals surface area contributed by atoms with E-state index in [4.69, 9.17) is 19.3 Å². The fourth-order valence-electron chi connectivity index (χ4n) is 4.40. The van der Waals surface area contributed by atoms with E-state index in [1.54, 1.807) is 0 Å². The highest BCUT2D eigenvalue weighted by Crippen LogP contribution is 2.37. The molecule has 0 atom stereocenters. The molecule has 6 heteroatoms. The maximum Gasteiger partial charge on any atom is 0.494 e. The van der Waals surface area contributed by atoms with Gasteiger partial charge < -0.3 is 9.31 Å². The normalized spacial score (nSPS) is 17.6. The molecule has 0 aliphatic carbocycles. The third kappa shape index (κ3) is 2.80. The first-order chi connectivity index (χ1) is 15.3. The van der Waals surface area contributed by atoms with E-state index in [-0.39, 0.29) is 11.2 Å². The first-order valence-corrected chi connectivity index (χ1v) is 10.9. The summed E-state index contributed by atoms with van der Waals surface area (Å²) in [6, 6.07) is 22.8. The van der Waals surface area contributed by atoms with Crippen molar-refractivity contribution < 1.29 is 9.31 Å². The Bertz CT molecular complexity index is 1490. The van der Waals surface area contributed by atoms with E-state index in [1.165, 1.54) is 5.39 Å². The summed E-state index contributed by atoms with van der Waals surface area (Å²) >= 11 is 0. The van der Waals surface area contributed by atoms with Crippen molar-refractivity contribution in [3.05, 3.63) is 72.9 Å². The molecule has 1 fully saturated rings. The molecule has 2 aromatic heterocycles. The minimum atomic E-state index is -0.423. The Morgan fingerprint density at radius 1 is 0.781 bits per heavy atom. The van der Waals surface area contributed by atoms with E-state index < -0.39 is 7.12 Å². The maximum absolute atomic E-state index is 6.31. The van der Waals surface area contributed by atoms with E-state index in [1.807, 2.05) is 36.5 Å². The van der Waals surface area contributed by atoms with Crippen LogP contribution in [0.15, 0.2) is 72.9 Å². The van der Waals surface area contributed by atoms with E-state index in [2.05, 4.69) is 68.7 Å². The van der Waals surface area contributed by atoms with Crippen molar-refractivity contribution in [1.82, 2.24) is 14.5 Å². The van der Waals surface area contributed by atoms with E-state index in [9.17, 15) is 0 Å². The van der Waals surface area contributed by atoms with Gasteiger partial charge in [-0.15, -0.1) is 0 Å². The summed E-state index contributed by atoms with van der Waals surface area (Å²) in [7, 11) is -0.423. The lowest BCUT2D eigenvalue weighted by Gasteiger charge is -2.32. The smallest absolute Gasteiger partial charge is 0.399 e. The van der Waals surface area contributed by atoms with E-state index >= 15 is 0 Å². The molecule has 3 aromatic carbocycles. The number of nitrogens with zero attached hydrogens (tertiary/aromatic N) is 3. The fourth-order valence-corrected chi connectivity index (χ4v) is 4.40. The first kappa shape index (κ1) is 19.5. The molecule has 5 nitrogen and oxygen atoms in total. The van der Waals surface area contributed by atoms with Crippen molar-refractivity contribution in [2.24, 2.45) is 0 Å².